The summed E-state index contributed by atoms with van der Waals surface area (Å²) >= 11 is 0. The lowest BCUT2D eigenvalue weighted by atomic mass is 9.37. The van der Waals surface area contributed by atoms with E-state index in [-0.39, 0.29) is 22.2 Å². The van der Waals surface area contributed by atoms with Crippen LogP contribution in [0.1, 0.15) is 132 Å². The molecule has 0 amide bonds. The van der Waals surface area contributed by atoms with E-state index in [1.54, 1.807) is 11.1 Å². The molecule has 2 N–H and O–H groups in total. The Morgan fingerprint density at radius 2 is 1.62 bits per heavy atom. The average molecular weight is 847 g/mol. The highest BCUT2D eigenvalue weighted by molar-refractivity contribution is 7.91. The second-order valence-corrected chi connectivity index (χ2v) is 23.0. The maximum Gasteiger partial charge on any atom is 0.306 e. The molecule has 3 saturated carbocycles. The molecule has 6 nitrogen and oxygen atoms in total. The lowest BCUT2D eigenvalue weighted by Crippen LogP contribution is -2.60. The number of rotatable bonds is 10. The van der Waals surface area contributed by atoms with Crippen LogP contribution in [0.15, 0.2) is 70.9 Å². The maximum atomic E-state index is 12.0. The van der Waals surface area contributed by atoms with Crippen molar-refractivity contribution in [1.29, 1.82) is 0 Å². The Bertz CT molecular complexity index is 1920. The molecule has 8 unspecified atom stereocenters. The van der Waals surface area contributed by atoms with Gasteiger partial charge in [0.05, 0.1) is 24.6 Å². The van der Waals surface area contributed by atoms with Gasteiger partial charge in [0, 0.05) is 25.0 Å². The summed E-state index contributed by atoms with van der Waals surface area (Å²) in [5.41, 5.74) is 9.89. The molecule has 8 atom stereocenters. The number of halogens is 1. The Labute approximate surface area is 363 Å². The van der Waals surface area contributed by atoms with Crippen molar-refractivity contribution in [2.24, 2.45) is 57.2 Å². The fourth-order valence-electron chi connectivity index (χ4n) is 14.5. The van der Waals surface area contributed by atoms with Crippen molar-refractivity contribution in [3.05, 3.63) is 76.4 Å². The third kappa shape index (κ3) is 8.58. The van der Waals surface area contributed by atoms with Gasteiger partial charge in [0.2, 0.25) is 0 Å². The average Bonchev–Trinajstić information content (AvgIpc) is 3.59. The Balaban J connectivity index is 0.00000147. The van der Waals surface area contributed by atoms with Crippen molar-refractivity contribution >= 4 is 21.4 Å². The van der Waals surface area contributed by atoms with Crippen molar-refractivity contribution < 1.29 is 22.7 Å². The Morgan fingerprint density at radius 1 is 0.917 bits per heavy atom. The molecule has 7 aliphatic rings. The number of nitrogens with one attached hydrogen (secondary N) is 1. The molecule has 1 aromatic rings. The second kappa shape index (κ2) is 18.7. The van der Waals surface area contributed by atoms with Gasteiger partial charge in [0.15, 0.2) is 9.84 Å². The summed E-state index contributed by atoms with van der Waals surface area (Å²) in [5.74, 6) is 2.81. The first-order valence-electron chi connectivity index (χ1n) is 23.8. The quantitative estimate of drug-likeness (QED) is 0.228. The van der Waals surface area contributed by atoms with Gasteiger partial charge >= 0.3 is 5.97 Å². The number of carbonyl (C=O) groups is 1. The van der Waals surface area contributed by atoms with Gasteiger partial charge in [-0.2, -0.15) is 0 Å². The number of carboxylic acid groups (broad SMARTS) is 1. The van der Waals surface area contributed by atoms with Crippen molar-refractivity contribution in [2.75, 3.05) is 51.4 Å². The van der Waals surface area contributed by atoms with Gasteiger partial charge in [-0.25, -0.2) is 8.42 Å². The molecule has 4 fully saturated rings. The van der Waals surface area contributed by atoms with E-state index in [4.69, 9.17) is 0 Å². The molecule has 1 saturated heterocycles. The molecule has 60 heavy (non-hydrogen) atoms. The molecular formula is C52H79FN2O4S. The number of allylic oxidation sites excluding steroid dienone is 6. The zero-order valence-corrected chi connectivity index (χ0v) is 39.5. The van der Waals surface area contributed by atoms with Crippen molar-refractivity contribution in [2.45, 2.75) is 126 Å². The highest BCUT2D eigenvalue weighted by atomic mass is 32.2. The van der Waals surface area contributed by atoms with Gasteiger partial charge in [0.25, 0.3) is 0 Å². The molecule has 0 radical (unpaired) electrons. The topological polar surface area (TPSA) is 86.7 Å². The minimum absolute atomic E-state index is 0.0350. The summed E-state index contributed by atoms with van der Waals surface area (Å²) in [5, 5.41) is 13.6. The van der Waals surface area contributed by atoms with Crippen LogP contribution < -0.4 is 5.32 Å². The first kappa shape index (κ1) is 46.9. The minimum atomic E-state index is -2.85. The molecular weight excluding hydrogens is 768 g/mol. The van der Waals surface area contributed by atoms with E-state index >= 15 is 0 Å². The molecule has 1 heterocycles. The first-order valence-corrected chi connectivity index (χ1v) is 25.6. The van der Waals surface area contributed by atoms with Crippen LogP contribution in [0.4, 0.5) is 4.39 Å². The summed E-state index contributed by atoms with van der Waals surface area (Å²) in [6.07, 6.45) is 19.8. The predicted molar refractivity (Wildman–Crippen MR) is 247 cm³/mol. The minimum Gasteiger partial charge on any atom is -0.481 e. The van der Waals surface area contributed by atoms with Crippen LogP contribution in [-0.2, 0) is 14.6 Å². The largest absolute Gasteiger partial charge is 0.481 e. The van der Waals surface area contributed by atoms with Crippen LogP contribution in [0.3, 0.4) is 0 Å². The fourth-order valence-corrected chi connectivity index (χ4v) is 15.8. The van der Waals surface area contributed by atoms with Crippen molar-refractivity contribution in [1.82, 2.24) is 10.2 Å². The third-order valence-electron chi connectivity index (χ3n) is 17.1. The number of carboxylic acids is 1. The van der Waals surface area contributed by atoms with E-state index in [1.807, 2.05) is 13.8 Å². The molecule has 0 spiro atoms. The van der Waals surface area contributed by atoms with Crippen LogP contribution in [0.25, 0.3) is 5.57 Å². The Kier molecular flexibility index (Phi) is 14.6. The predicted octanol–water partition coefficient (Wildman–Crippen LogP) is 11.4. The lowest BCUT2D eigenvalue weighted by Gasteiger charge is -2.68. The van der Waals surface area contributed by atoms with E-state index in [1.165, 1.54) is 60.8 Å². The molecule has 6 aliphatic carbocycles. The number of hydrogen-bond acceptors (Lipinski definition) is 5. The normalized spacial score (nSPS) is 35.5. The number of aliphatic carboxylic acids is 1. The van der Waals surface area contributed by atoms with Crippen LogP contribution in [-0.4, -0.2) is 75.8 Å². The van der Waals surface area contributed by atoms with E-state index in [2.05, 4.69) is 100 Å². The van der Waals surface area contributed by atoms with Gasteiger partial charge in [-0.3, -0.25) is 9.18 Å². The van der Waals surface area contributed by atoms with E-state index in [9.17, 15) is 22.7 Å². The van der Waals surface area contributed by atoms with E-state index in [0.717, 1.165) is 45.3 Å². The molecule has 0 aromatic heterocycles. The zero-order valence-electron chi connectivity index (χ0n) is 38.7. The van der Waals surface area contributed by atoms with Crippen molar-refractivity contribution in [3.8, 4) is 0 Å². The molecule has 1 aliphatic heterocycles. The number of fused-ring (bicyclic) bond motifs is 7. The fraction of sp³-hybridized carbons (Fsp3) is 0.712. The summed E-state index contributed by atoms with van der Waals surface area (Å²) in [6.45, 7) is 23.6. The number of nitrogens with zero attached hydrogens (tertiary/aromatic N) is 1. The first-order chi connectivity index (χ1) is 28.6. The smallest absolute Gasteiger partial charge is 0.306 e. The number of hydrogen-bond donors (Lipinski definition) is 2. The zero-order chi connectivity index (χ0) is 43.7. The number of benzene rings is 1. The maximum absolute atomic E-state index is 12.0. The summed E-state index contributed by atoms with van der Waals surface area (Å²) in [4.78, 5) is 14.1. The monoisotopic (exact) mass is 847 g/mol. The van der Waals surface area contributed by atoms with Gasteiger partial charge < -0.3 is 15.3 Å². The highest BCUT2D eigenvalue weighted by Gasteiger charge is 2.65. The van der Waals surface area contributed by atoms with Crippen LogP contribution in [0.2, 0.25) is 0 Å². The van der Waals surface area contributed by atoms with Gasteiger partial charge in [-0.15, -0.1) is 0 Å². The van der Waals surface area contributed by atoms with Gasteiger partial charge in [-0.05, 0) is 157 Å². The SMILES string of the molecule is CC.CC(C)C1=C2C3CCC4C(C)(CCC5C(C)(C)C(C6=CCC(C(=O)O)CC6)=CCC54C)C3CCC2(CNCCCN2CCS(=O)(=O)CC2)C=C1c1ccccc1.CF. The summed E-state index contributed by atoms with van der Waals surface area (Å²) in [7, 11) is -2.35. The molecule has 8 heteroatoms. The van der Waals surface area contributed by atoms with Crippen LogP contribution >= 0.6 is 0 Å². The molecule has 0 bridgehead atoms. The Hall–Kier alpha value is -2.55. The van der Waals surface area contributed by atoms with Crippen LogP contribution in [0.5, 0.6) is 0 Å². The standard InChI is InChI=1S/C49H70N2O4S.C2H6.CH3F/c1-33(2)43-38(34-11-8-7-9-12-34)31-49(32-50-25-10-26-51-27-29-56(54,55)30-28-51)24-20-40-37(44(43)49)17-18-42-47(40,5)23-21-41-46(3,4)39(19-22-48(41,42)6)35-13-15-36(16-14-35)45(52)53;2*1-2/h7-9,11-13,19,31,33,36-37,40-42,50H,10,14-18,20-30,32H2,1-6H3,(H,52,53);1-2H3;1H3. The second-order valence-electron chi connectivity index (χ2n) is 20.7. The number of sulfone groups is 1. The molecule has 1 aromatic carbocycles. The summed E-state index contributed by atoms with van der Waals surface area (Å²) in [6, 6.07) is 11.2. The third-order valence-corrected chi connectivity index (χ3v) is 18.7. The van der Waals surface area contributed by atoms with Gasteiger partial charge in [0.1, 0.15) is 0 Å². The van der Waals surface area contributed by atoms with Gasteiger partial charge in [-0.1, -0.05) is 110 Å². The lowest BCUT2D eigenvalue weighted by molar-refractivity contribution is -0.158. The highest BCUT2D eigenvalue weighted by Crippen LogP contribution is 2.73. The molecule has 8 rings (SSSR count). The molecule has 334 valence electrons. The summed E-state index contributed by atoms with van der Waals surface area (Å²) < 4.78 is 33.5. The van der Waals surface area contributed by atoms with E-state index in [0.29, 0.717) is 73.2 Å². The number of alkyl halides is 1. The van der Waals surface area contributed by atoms with Crippen LogP contribution in [0, 0.1) is 57.2 Å². The Morgan fingerprint density at radius 3 is 2.25 bits per heavy atom. The van der Waals surface area contributed by atoms with E-state index < -0.39 is 15.8 Å². The van der Waals surface area contributed by atoms with Crippen molar-refractivity contribution in [3.63, 3.8) is 0 Å².